The second-order valence-corrected chi connectivity index (χ2v) is 5.04. The summed E-state index contributed by atoms with van der Waals surface area (Å²) in [5.41, 5.74) is -1.26. The lowest BCUT2D eigenvalue weighted by Gasteiger charge is -2.22. The van der Waals surface area contributed by atoms with Gasteiger partial charge in [0.25, 0.3) is 5.91 Å². The van der Waals surface area contributed by atoms with E-state index in [4.69, 9.17) is 9.15 Å². The predicted octanol–water partition coefficient (Wildman–Crippen LogP) is 2.07. The van der Waals surface area contributed by atoms with Crippen molar-refractivity contribution < 1.29 is 19.1 Å². The number of amides is 1. The molecule has 2 N–H and O–H groups in total. The third kappa shape index (κ3) is 4.10. The van der Waals surface area contributed by atoms with E-state index in [0.29, 0.717) is 11.5 Å². The van der Waals surface area contributed by atoms with E-state index in [1.165, 1.54) is 6.26 Å². The minimum Gasteiger partial charge on any atom is -0.481 e. The van der Waals surface area contributed by atoms with Crippen molar-refractivity contribution >= 4 is 5.91 Å². The van der Waals surface area contributed by atoms with Gasteiger partial charge in [-0.05, 0) is 38.1 Å². The molecule has 1 aromatic heterocycles. The number of carbonyl (C=O) groups excluding carboxylic acids is 1. The van der Waals surface area contributed by atoms with E-state index in [2.05, 4.69) is 5.32 Å². The maximum atomic E-state index is 12.0. The average Bonchev–Trinajstić information content (AvgIpc) is 3.01. The van der Waals surface area contributed by atoms with Gasteiger partial charge in [-0.15, -0.1) is 0 Å². The number of hydrogen-bond donors (Lipinski definition) is 2. The Labute approximate surface area is 123 Å². The minimum absolute atomic E-state index is 0.0435. The molecule has 2 atom stereocenters. The quantitative estimate of drug-likeness (QED) is 0.854. The number of carbonyl (C=O) groups is 1. The molecule has 0 spiro atoms. The van der Waals surface area contributed by atoms with Gasteiger partial charge in [-0.2, -0.15) is 0 Å². The molecule has 0 bridgehead atoms. The van der Waals surface area contributed by atoms with Gasteiger partial charge in [-0.3, -0.25) is 4.79 Å². The van der Waals surface area contributed by atoms with Crippen LogP contribution in [0.25, 0.3) is 0 Å². The molecular weight excluding hydrogens is 270 g/mol. The Bertz CT molecular complexity index is 563. The average molecular weight is 289 g/mol. The number of aliphatic hydroxyl groups is 1. The fourth-order valence-electron chi connectivity index (χ4n) is 1.83. The van der Waals surface area contributed by atoms with E-state index < -0.39 is 11.7 Å². The zero-order chi connectivity index (χ0) is 15.3. The molecule has 0 fully saturated rings. The molecule has 0 aliphatic rings. The Hall–Kier alpha value is -2.27. The van der Waals surface area contributed by atoms with Crippen molar-refractivity contribution in [3.63, 3.8) is 0 Å². The zero-order valence-electron chi connectivity index (χ0n) is 12.1. The molecule has 0 radical (unpaired) electrons. The van der Waals surface area contributed by atoms with Gasteiger partial charge in [0.2, 0.25) is 0 Å². The van der Waals surface area contributed by atoms with Gasteiger partial charge in [0.05, 0.1) is 12.8 Å². The summed E-state index contributed by atoms with van der Waals surface area (Å²) in [7, 11) is 0. The van der Waals surface area contributed by atoms with E-state index >= 15 is 0 Å². The van der Waals surface area contributed by atoms with Crippen LogP contribution in [0.4, 0.5) is 0 Å². The number of furan rings is 1. The standard InChI is InChI=1S/C16H19NO4/c1-12(21-13-7-4-3-5-8-13)15(18)17-11-16(2,19)14-9-6-10-20-14/h3-10,12,19H,11H2,1-2H3,(H,17,18)/t12-,16+/m1/s1. The van der Waals surface area contributed by atoms with E-state index in [1.54, 1.807) is 38.1 Å². The maximum absolute atomic E-state index is 12.0. The monoisotopic (exact) mass is 289 g/mol. The Morgan fingerprint density at radius 3 is 2.67 bits per heavy atom. The van der Waals surface area contributed by atoms with Gasteiger partial charge < -0.3 is 19.6 Å². The summed E-state index contributed by atoms with van der Waals surface area (Å²) in [6, 6.07) is 12.5. The molecule has 21 heavy (non-hydrogen) atoms. The molecule has 5 nitrogen and oxygen atoms in total. The molecule has 5 heteroatoms. The number of rotatable bonds is 6. The molecule has 0 unspecified atom stereocenters. The normalized spacial score (nSPS) is 15.0. The van der Waals surface area contributed by atoms with Crippen LogP contribution >= 0.6 is 0 Å². The van der Waals surface area contributed by atoms with Crippen molar-refractivity contribution in [1.82, 2.24) is 5.32 Å². The topological polar surface area (TPSA) is 71.7 Å². The van der Waals surface area contributed by atoms with Crippen LogP contribution in [0.15, 0.2) is 53.1 Å². The number of para-hydroxylation sites is 1. The van der Waals surface area contributed by atoms with Crippen molar-refractivity contribution in [1.29, 1.82) is 0 Å². The molecule has 0 aliphatic carbocycles. The van der Waals surface area contributed by atoms with Crippen LogP contribution in [0.5, 0.6) is 5.75 Å². The second-order valence-electron chi connectivity index (χ2n) is 5.04. The first-order chi connectivity index (χ1) is 9.99. The summed E-state index contributed by atoms with van der Waals surface area (Å²) in [4.78, 5) is 12.0. The Morgan fingerprint density at radius 1 is 1.33 bits per heavy atom. The summed E-state index contributed by atoms with van der Waals surface area (Å²) in [5.74, 6) is 0.725. The first kappa shape index (κ1) is 15.1. The third-order valence-corrected chi connectivity index (χ3v) is 3.08. The zero-order valence-corrected chi connectivity index (χ0v) is 12.1. The molecular formula is C16H19NO4. The Morgan fingerprint density at radius 2 is 2.05 bits per heavy atom. The van der Waals surface area contributed by atoms with E-state index in [9.17, 15) is 9.90 Å². The molecule has 1 aromatic carbocycles. The summed E-state index contributed by atoms with van der Waals surface area (Å²) < 4.78 is 10.7. The van der Waals surface area contributed by atoms with Crippen molar-refractivity contribution in [2.75, 3.05) is 6.54 Å². The van der Waals surface area contributed by atoms with Crippen LogP contribution in [-0.4, -0.2) is 23.7 Å². The molecule has 0 aliphatic heterocycles. The fourth-order valence-corrected chi connectivity index (χ4v) is 1.83. The Kier molecular flexibility index (Phi) is 4.65. The maximum Gasteiger partial charge on any atom is 0.260 e. The van der Waals surface area contributed by atoms with Crippen molar-refractivity contribution in [2.45, 2.75) is 25.6 Å². The van der Waals surface area contributed by atoms with Crippen LogP contribution < -0.4 is 10.1 Å². The molecule has 2 aromatic rings. The lowest BCUT2D eigenvalue weighted by molar-refractivity contribution is -0.128. The highest BCUT2D eigenvalue weighted by molar-refractivity contribution is 5.80. The third-order valence-electron chi connectivity index (χ3n) is 3.08. The Balaban J connectivity index is 1.87. The first-order valence-electron chi connectivity index (χ1n) is 6.75. The van der Waals surface area contributed by atoms with Crippen molar-refractivity contribution in [2.24, 2.45) is 0 Å². The molecule has 112 valence electrons. The highest BCUT2D eigenvalue weighted by Crippen LogP contribution is 2.19. The van der Waals surface area contributed by atoms with Crippen LogP contribution in [0.3, 0.4) is 0 Å². The van der Waals surface area contributed by atoms with Gasteiger partial charge in [-0.1, -0.05) is 18.2 Å². The molecule has 2 rings (SSSR count). The summed E-state index contributed by atoms with van der Waals surface area (Å²) >= 11 is 0. The summed E-state index contributed by atoms with van der Waals surface area (Å²) in [6.07, 6.45) is 0.826. The smallest absolute Gasteiger partial charge is 0.260 e. The predicted molar refractivity (Wildman–Crippen MR) is 77.8 cm³/mol. The lowest BCUT2D eigenvalue weighted by Crippen LogP contribution is -2.43. The van der Waals surface area contributed by atoms with Crippen molar-refractivity contribution in [3.8, 4) is 5.75 Å². The minimum atomic E-state index is -1.26. The van der Waals surface area contributed by atoms with Crippen LogP contribution in [0, 0.1) is 0 Å². The first-order valence-corrected chi connectivity index (χ1v) is 6.75. The largest absolute Gasteiger partial charge is 0.481 e. The SMILES string of the molecule is C[C@@H](Oc1ccccc1)C(=O)NC[C@](C)(O)c1ccco1. The van der Waals surface area contributed by atoms with Gasteiger partial charge in [0.1, 0.15) is 17.1 Å². The van der Waals surface area contributed by atoms with E-state index in [1.807, 2.05) is 18.2 Å². The van der Waals surface area contributed by atoms with Crippen LogP contribution in [0.2, 0.25) is 0 Å². The second kappa shape index (κ2) is 6.45. The molecule has 1 heterocycles. The van der Waals surface area contributed by atoms with Crippen LogP contribution in [-0.2, 0) is 10.4 Å². The fraction of sp³-hybridized carbons (Fsp3) is 0.312. The number of benzene rings is 1. The van der Waals surface area contributed by atoms with Crippen LogP contribution in [0.1, 0.15) is 19.6 Å². The molecule has 1 amide bonds. The number of hydrogen-bond acceptors (Lipinski definition) is 4. The molecule has 0 saturated heterocycles. The van der Waals surface area contributed by atoms with Gasteiger partial charge in [0.15, 0.2) is 6.10 Å². The molecule has 0 saturated carbocycles. The summed E-state index contributed by atoms with van der Waals surface area (Å²) in [6.45, 7) is 3.28. The van der Waals surface area contributed by atoms with Gasteiger partial charge in [0, 0.05) is 0 Å². The van der Waals surface area contributed by atoms with Gasteiger partial charge >= 0.3 is 0 Å². The number of nitrogens with one attached hydrogen (secondary N) is 1. The highest BCUT2D eigenvalue weighted by atomic mass is 16.5. The lowest BCUT2D eigenvalue weighted by atomic mass is 10.0. The highest BCUT2D eigenvalue weighted by Gasteiger charge is 2.28. The van der Waals surface area contributed by atoms with Crippen molar-refractivity contribution in [3.05, 3.63) is 54.5 Å². The summed E-state index contributed by atoms with van der Waals surface area (Å²) in [5, 5.41) is 12.9. The van der Waals surface area contributed by atoms with E-state index in [-0.39, 0.29) is 12.5 Å². The van der Waals surface area contributed by atoms with Gasteiger partial charge in [-0.25, -0.2) is 0 Å². The van der Waals surface area contributed by atoms with E-state index in [0.717, 1.165) is 0 Å². The number of ether oxygens (including phenoxy) is 1.